The van der Waals surface area contributed by atoms with Gasteiger partial charge in [0.1, 0.15) is 5.76 Å². The summed E-state index contributed by atoms with van der Waals surface area (Å²) >= 11 is 0. The van der Waals surface area contributed by atoms with E-state index in [1.165, 1.54) is 13.8 Å². The Labute approximate surface area is 93.3 Å². The third-order valence-corrected chi connectivity index (χ3v) is 1.90. The van der Waals surface area contributed by atoms with E-state index < -0.39 is 5.91 Å². The SMILES string of the molecule is CC(=N)C(C(=O)Nc1ccncc1)=C(C)O. The zero-order valence-electron chi connectivity index (χ0n) is 9.11. The summed E-state index contributed by atoms with van der Waals surface area (Å²) in [5.74, 6) is -0.669. The number of nitrogens with zero attached hydrogens (tertiary/aromatic N) is 1. The quantitative estimate of drug-likeness (QED) is 0.412. The summed E-state index contributed by atoms with van der Waals surface area (Å²) in [5.41, 5.74) is 0.573. The Balaban J connectivity index is 2.88. The largest absolute Gasteiger partial charge is 0.512 e. The van der Waals surface area contributed by atoms with Crippen LogP contribution < -0.4 is 5.32 Å². The minimum atomic E-state index is -0.501. The first kappa shape index (κ1) is 11.9. The molecule has 0 atom stereocenters. The van der Waals surface area contributed by atoms with Gasteiger partial charge in [0.15, 0.2) is 0 Å². The van der Waals surface area contributed by atoms with Crippen molar-refractivity contribution in [1.82, 2.24) is 4.98 Å². The topological polar surface area (TPSA) is 86.1 Å². The summed E-state index contributed by atoms with van der Waals surface area (Å²) in [7, 11) is 0. The van der Waals surface area contributed by atoms with Crippen LogP contribution in [0.1, 0.15) is 13.8 Å². The summed E-state index contributed by atoms with van der Waals surface area (Å²) in [4.78, 5) is 15.5. The fourth-order valence-electron chi connectivity index (χ4n) is 1.23. The van der Waals surface area contributed by atoms with Crippen molar-refractivity contribution < 1.29 is 9.90 Å². The van der Waals surface area contributed by atoms with Gasteiger partial charge < -0.3 is 15.8 Å². The molecule has 0 aromatic carbocycles. The number of carbonyl (C=O) groups excluding carboxylic acids is 1. The molecule has 0 saturated heterocycles. The standard InChI is InChI=1S/C11H13N3O2/c1-7(12)10(8(2)15)11(16)14-9-3-5-13-6-4-9/h3-6,12,15H,1-2H3,(H,13,14,16). The summed E-state index contributed by atoms with van der Waals surface area (Å²) in [6.07, 6.45) is 3.09. The maximum atomic E-state index is 11.7. The maximum Gasteiger partial charge on any atom is 0.260 e. The number of rotatable bonds is 3. The molecule has 0 aliphatic carbocycles. The van der Waals surface area contributed by atoms with E-state index in [0.29, 0.717) is 5.69 Å². The Hall–Kier alpha value is -2.17. The van der Waals surface area contributed by atoms with Crippen LogP contribution in [0.5, 0.6) is 0 Å². The molecular weight excluding hydrogens is 206 g/mol. The highest BCUT2D eigenvalue weighted by atomic mass is 16.3. The van der Waals surface area contributed by atoms with E-state index >= 15 is 0 Å². The first-order valence-corrected chi connectivity index (χ1v) is 4.69. The lowest BCUT2D eigenvalue weighted by atomic mass is 10.1. The second-order valence-corrected chi connectivity index (χ2v) is 3.28. The Morgan fingerprint density at radius 2 is 1.94 bits per heavy atom. The molecule has 0 unspecified atom stereocenters. The van der Waals surface area contributed by atoms with Crippen molar-refractivity contribution >= 4 is 17.3 Å². The second-order valence-electron chi connectivity index (χ2n) is 3.28. The van der Waals surface area contributed by atoms with Crippen LogP contribution in [-0.2, 0) is 4.79 Å². The molecule has 0 spiro atoms. The Morgan fingerprint density at radius 1 is 1.38 bits per heavy atom. The number of hydrogen-bond donors (Lipinski definition) is 3. The van der Waals surface area contributed by atoms with Gasteiger partial charge in [0.25, 0.3) is 5.91 Å². The molecule has 1 aromatic rings. The third kappa shape index (κ3) is 2.91. The lowest BCUT2D eigenvalue weighted by molar-refractivity contribution is -0.112. The Kier molecular flexibility index (Phi) is 3.77. The van der Waals surface area contributed by atoms with Crippen LogP contribution in [0.25, 0.3) is 0 Å². The number of hydrogen-bond acceptors (Lipinski definition) is 4. The number of anilines is 1. The van der Waals surface area contributed by atoms with Crippen LogP contribution in [-0.4, -0.2) is 21.7 Å². The van der Waals surface area contributed by atoms with E-state index in [-0.39, 0.29) is 17.0 Å². The number of pyridine rings is 1. The number of aliphatic hydroxyl groups excluding tert-OH is 1. The molecule has 0 aliphatic heterocycles. The summed E-state index contributed by atoms with van der Waals surface area (Å²) in [6.45, 7) is 2.82. The first-order valence-electron chi connectivity index (χ1n) is 4.69. The van der Waals surface area contributed by atoms with E-state index in [0.717, 1.165) is 0 Å². The lowest BCUT2D eigenvalue weighted by Crippen LogP contribution is -2.20. The molecule has 3 N–H and O–H groups in total. The maximum absolute atomic E-state index is 11.7. The molecule has 1 heterocycles. The number of aliphatic hydroxyl groups is 1. The number of carbonyl (C=O) groups is 1. The van der Waals surface area contributed by atoms with Gasteiger partial charge in [0.2, 0.25) is 0 Å². The van der Waals surface area contributed by atoms with Crippen molar-refractivity contribution in [1.29, 1.82) is 5.41 Å². The smallest absolute Gasteiger partial charge is 0.260 e. The van der Waals surface area contributed by atoms with E-state index in [4.69, 9.17) is 5.41 Å². The Morgan fingerprint density at radius 3 is 2.38 bits per heavy atom. The van der Waals surface area contributed by atoms with Gasteiger partial charge in [-0.1, -0.05) is 0 Å². The molecule has 1 amide bonds. The summed E-state index contributed by atoms with van der Waals surface area (Å²) < 4.78 is 0. The van der Waals surface area contributed by atoms with Crippen LogP contribution in [0.4, 0.5) is 5.69 Å². The van der Waals surface area contributed by atoms with Gasteiger partial charge in [0, 0.05) is 23.8 Å². The number of aromatic nitrogens is 1. The predicted molar refractivity (Wildman–Crippen MR) is 61.6 cm³/mol. The molecule has 1 rings (SSSR count). The van der Waals surface area contributed by atoms with E-state index in [1.54, 1.807) is 24.5 Å². The van der Waals surface area contributed by atoms with Crippen molar-refractivity contribution in [3.05, 3.63) is 35.9 Å². The van der Waals surface area contributed by atoms with Crippen LogP contribution in [0.15, 0.2) is 35.9 Å². The molecule has 0 aliphatic rings. The van der Waals surface area contributed by atoms with Gasteiger partial charge in [-0.15, -0.1) is 0 Å². The lowest BCUT2D eigenvalue weighted by Gasteiger charge is -2.08. The van der Waals surface area contributed by atoms with E-state index in [2.05, 4.69) is 10.3 Å². The van der Waals surface area contributed by atoms with Crippen molar-refractivity contribution in [3.63, 3.8) is 0 Å². The minimum absolute atomic E-state index is 0.0168. The van der Waals surface area contributed by atoms with E-state index in [1.807, 2.05) is 0 Å². The average molecular weight is 219 g/mol. The molecule has 0 bridgehead atoms. The summed E-state index contributed by atoms with van der Waals surface area (Å²) in [5, 5.41) is 19.3. The first-order chi connectivity index (χ1) is 7.52. The van der Waals surface area contributed by atoms with Gasteiger partial charge in [-0.05, 0) is 26.0 Å². The van der Waals surface area contributed by atoms with Gasteiger partial charge >= 0.3 is 0 Å². The molecule has 0 radical (unpaired) electrons. The molecule has 0 fully saturated rings. The van der Waals surface area contributed by atoms with Crippen LogP contribution in [0, 0.1) is 5.41 Å². The molecule has 0 saturated carbocycles. The number of allylic oxidation sites excluding steroid dienone is 1. The highest BCUT2D eigenvalue weighted by molar-refractivity contribution is 6.23. The predicted octanol–water partition coefficient (Wildman–Crippen LogP) is 1.89. The third-order valence-electron chi connectivity index (χ3n) is 1.90. The van der Waals surface area contributed by atoms with Gasteiger partial charge in [-0.3, -0.25) is 9.78 Å². The van der Waals surface area contributed by atoms with Gasteiger partial charge in [-0.2, -0.15) is 0 Å². The molecule has 84 valence electrons. The van der Waals surface area contributed by atoms with Gasteiger partial charge in [0.05, 0.1) is 5.57 Å². The molecule has 5 heteroatoms. The fourth-order valence-corrected chi connectivity index (χ4v) is 1.23. The van der Waals surface area contributed by atoms with Crippen molar-refractivity contribution in [2.75, 3.05) is 5.32 Å². The number of amides is 1. The van der Waals surface area contributed by atoms with Crippen LogP contribution >= 0.6 is 0 Å². The van der Waals surface area contributed by atoms with Crippen LogP contribution in [0.2, 0.25) is 0 Å². The summed E-state index contributed by atoms with van der Waals surface area (Å²) in [6, 6.07) is 3.25. The minimum Gasteiger partial charge on any atom is -0.512 e. The molecule has 1 aromatic heterocycles. The highest BCUT2D eigenvalue weighted by Gasteiger charge is 2.15. The molecule has 5 nitrogen and oxygen atoms in total. The van der Waals surface area contributed by atoms with Crippen molar-refractivity contribution in [2.45, 2.75) is 13.8 Å². The monoisotopic (exact) mass is 219 g/mol. The van der Waals surface area contributed by atoms with Crippen LogP contribution in [0.3, 0.4) is 0 Å². The molecular formula is C11H13N3O2. The molecule has 16 heavy (non-hydrogen) atoms. The van der Waals surface area contributed by atoms with Gasteiger partial charge in [-0.25, -0.2) is 0 Å². The number of nitrogens with one attached hydrogen (secondary N) is 2. The van der Waals surface area contributed by atoms with Crippen molar-refractivity contribution in [2.24, 2.45) is 0 Å². The average Bonchev–Trinajstić information content (AvgIpc) is 2.17. The zero-order chi connectivity index (χ0) is 12.1. The second kappa shape index (κ2) is 5.06. The zero-order valence-corrected chi connectivity index (χ0v) is 9.11. The Bertz CT molecular complexity index is 434. The normalized spacial score (nSPS) is 11.6. The highest BCUT2D eigenvalue weighted by Crippen LogP contribution is 2.09. The van der Waals surface area contributed by atoms with E-state index in [9.17, 15) is 9.90 Å². The van der Waals surface area contributed by atoms with Crippen molar-refractivity contribution in [3.8, 4) is 0 Å². The fraction of sp³-hybridized carbons (Fsp3) is 0.182.